The molecule has 7 heteroatoms. The Balaban J connectivity index is 2.22. The monoisotopic (exact) mass is 265 g/mol. The Morgan fingerprint density at radius 3 is 2.63 bits per heavy atom. The molecule has 0 fully saturated rings. The molecule has 0 amide bonds. The number of carboxylic acid groups (broad SMARTS) is 1. The molecular formula is C12H9F2N3O2. The van der Waals surface area contributed by atoms with Gasteiger partial charge in [0.05, 0.1) is 12.2 Å². The van der Waals surface area contributed by atoms with Gasteiger partial charge < -0.3 is 10.4 Å². The van der Waals surface area contributed by atoms with Crippen molar-refractivity contribution in [2.24, 2.45) is 0 Å². The Bertz CT molecular complexity index is 599. The largest absolute Gasteiger partial charge is 0.478 e. The molecular weight excluding hydrogens is 256 g/mol. The van der Waals surface area contributed by atoms with Crippen molar-refractivity contribution in [2.45, 2.75) is 6.54 Å². The summed E-state index contributed by atoms with van der Waals surface area (Å²) >= 11 is 0. The van der Waals surface area contributed by atoms with E-state index in [1.54, 1.807) is 0 Å². The standard InChI is InChI=1S/C12H9F2N3O2/c13-8-2-1-3-9(14)11(8)16-5-10-7(12(18)19)4-15-6-17-10/h1-4,6,16H,5H2,(H,18,19). The molecule has 2 aromatic rings. The van der Waals surface area contributed by atoms with Gasteiger partial charge in [-0.15, -0.1) is 0 Å². The summed E-state index contributed by atoms with van der Waals surface area (Å²) in [6.07, 6.45) is 2.30. The molecule has 98 valence electrons. The van der Waals surface area contributed by atoms with Gasteiger partial charge in [0.15, 0.2) is 0 Å². The third-order valence-corrected chi connectivity index (χ3v) is 2.42. The number of aromatic nitrogens is 2. The second kappa shape index (κ2) is 5.38. The quantitative estimate of drug-likeness (QED) is 0.885. The molecule has 0 spiro atoms. The average molecular weight is 265 g/mol. The summed E-state index contributed by atoms with van der Waals surface area (Å²) in [5, 5.41) is 11.4. The molecule has 5 nitrogen and oxygen atoms in total. The van der Waals surface area contributed by atoms with Crippen LogP contribution in [0.4, 0.5) is 14.5 Å². The number of carboxylic acids is 1. The highest BCUT2D eigenvalue weighted by Gasteiger charge is 2.13. The number of hydrogen-bond acceptors (Lipinski definition) is 4. The Morgan fingerprint density at radius 1 is 1.32 bits per heavy atom. The number of halogens is 2. The van der Waals surface area contributed by atoms with Gasteiger partial charge in [0.1, 0.15) is 29.2 Å². The van der Waals surface area contributed by atoms with Crippen LogP contribution < -0.4 is 5.32 Å². The van der Waals surface area contributed by atoms with E-state index < -0.39 is 17.6 Å². The average Bonchev–Trinajstić information content (AvgIpc) is 2.38. The maximum atomic E-state index is 13.4. The van der Waals surface area contributed by atoms with E-state index in [1.165, 1.54) is 12.4 Å². The van der Waals surface area contributed by atoms with E-state index >= 15 is 0 Å². The van der Waals surface area contributed by atoms with Crippen molar-refractivity contribution in [3.63, 3.8) is 0 Å². The topological polar surface area (TPSA) is 75.1 Å². The lowest BCUT2D eigenvalue weighted by Crippen LogP contribution is -2.11. The third-order valence-electron chi connectivity index (χ3n) is 2.42. The van der Waals surface area contributed by atoms with Crippen LogP contribution in [0.3, 0.4) is 0 Å². The van der Waals surface area contributed by atoms with E-state index in [1.807, 2.05) is 0 Å². The molecule has 0 saturated heterocycles. The summed E-state index contributed by atoms with van der Waals surface area (Å²) in [5.74, 6) is -2.72. The zero-order valence-corrected chi connectivity index (χ0v) is 9.60. The number of aromatic carboxylic acids is 1. The highest BCUT2D eigenvalue weighted by molar-refractivity contribution is 5.88. The fourth-order valence-electron chi connectivity index (χ4n) is 1.51. The molecule has 0 aliphatic carbocycles. The molecule has 19 heavy (non-hydrogen) atoms. The van der Waals surface area contributed by atoms with E-state index in [4.69, 9.17) is 5.11 Å². The Kier molecular flexibility index (Phi) is 3.65. The van der Waals surface area contributed by atoms with Gasteiger partial charge in [0.25, 0.3) is 0 Å². The smallest absolute Gasteiger partial charge is 0.339 e. The lowest BCUT2D eigenvalue weighted by atomic mass is 10.2. The summed E-state index contributed by atoms with van der Waals surface area (Å²) < 4.78 is 26.7. The molecule has 0 saturated carbocycles. The summed E-state index contributed by atoms with van der Waals surface area (Å²) in [7, 11) is 0. The maximum Gasteiger partial charge on any atom is 0.339 e. The maximum absolute atomic E-state index is 13.4. The van der Waals surface area contributed by atoms with Gasteiger partial charge in [-0.2, -0.15) is 0 Å². The summed E-state index contributed by atoms with van der Waals surface area (Å²) in [6.45, 7) is -0.123. The summed E-state index contributed by atoms with van der Waals surface area (Å²) in [5.41, 5.74) is -0.297. The van der Waals surface area contributed by atoms with Crippen LogP contribution in [0, 0.1) is 11.6 Å². The van der Waals surface area contributed by atoms with Crippen LogP contribution >= 0.6 is 0 Å². The van der Waals surface area contributed by atoms with Crippen molar-refractivity contribution in [3.8, 4) is 0 Å². The minimum absolute atomic E-state index is 0.119. The van der Waals surface area contributed by atoms with Crippen molar-refractivity contribution >= 4 is 11.7 Å². The molecule has 2 N–H and O–H groups in total. The van der Waals surface area contributed by atoms with Gasteiger partial charge in [0.2, 0.25) is 0 Å². The number of nitrogens with zero attached hydrogens (tertiary/aromatic N) is 2. The number of benzene rings is 1. The lowest BCUT2D eigenvalue weighted by molar-refractivity contribution is 0.0694. The van der Waals surface area contributed by atoms with Crippen LogP contribution in [0.1, 0.15) is 16.1 Å². The predicted molar refractivity (Wildman–Crippen MR) is 62.7 cm³/mol. The van der Waals surface area contributed by atoms with E-state index in [-0.39, 0.29) is 23.5 Å². The second-order valence-corrected chi connectivity index (χ2v) is 3.64. The number of carbonyl (C=O) groups is 1. The summed E-state index contributed by atoms with van der Waals surface area (Å²) in [4.78, 5) is 18.3. The van der Waals surface area contributed by atoms with Gasteiger partial charge in [-0.25, -0.2) is 23.5 Å². The zero-order valence-electron chi connectivity index (χ0n) is 9.60. The SMILES string of the molecule is O=C(O)c1cncnc1CNc1c(F)cccc1F. The second-order valence-electron chi connectivity index (χ2n) is 3.64. The van der Waals surface area contributed by atoms with Crippen molar-refractivity contribution in [1.82, 2.24) is 9.97 Å². The van der Waals surface area contributed by atoms with Crippen molar-refractivity contribution in [2.75, 3.05) is 5.32 Å². The Labute approximate surface area is 106 Å². The minimum Gasteiger partial charge on any atom is -0.478 e. The van der Waals surface area contributed by atoms with Gasteiger partial charge in [-0.05, 0) is 12.1 Å². The van der Waals surface area contributed by atoms with Crippen LogP contribution in [0.5, 0.6) is 0 Å². The molecule has 0 radical (unpaired) electrons. The first-order valence-corrected chi connectivity index (χ1v) is 5.29. The Morgan fingerprint density at radius 2 is 2.00 bits per heavy atom. The number of rotatable bonds is 4. The lowest BCUT2D eigenvalue weighted by Gasteiger charge is -2.09. The van der Waals surface area contributed by atoms with E-state index in [9.17, 15) is 13.6 Å². The van der Waals surface area contributed by atoms with Crippen LogP contribution in [0.2, 0.25) is 0 Å². The van der Waals surface area contributed by atoms with Crippen LogP contribution in [0.25, 0.3) is 0 Å². The first kappa shape index (κ1) is 12.9. The minimum atomic E-state index is -1.20. The van der Waals surface area contributed by atoms with E-state index in [0.29, 0.717) is 0 Å². The van der Waals surface area contributed by atoms with E-state index in [0.717, 1.165) is 18.3 Å². The normalized spacial score (nSPS) is 10.2. The molecule has 0 atom stereocenters. The van der Waals surface area contributed by atoms with Crippen molar-refractivity contribution in [1.29, 1.82) is 0 Å². The molecule has 1 aromatic carbocycles. The molecule has 1 aromatic heterocycles. The molecule has 2 rings (SSSR count). The number of nitrogens with one attached hydrogen (secondary N) is 1. The predicted octanol–water partition coefficient (Wildman–Crippen LogP) is 2.07. The third kappa shape index (κ3) is 2.82. The van der Waals surface area contributed by atoms with Gasteiger partial charge >= 0.3 is 5.97 Å². The van der Waals surface area contributed by atoms with Crippen LogP contribution in [-0.4, -0.2) is 21.0 Å². The van der Waals surface area contributed by atoms with Gasteiger partial charge in [-0.3, -0.25) is 0 Å². The van der Waals surface area contributed by atoms with Crippen LogP contribution in [0.15, 0.2) is 30.7 Å². The molecule has 1 heterocycles. The van der Waals surface area contributed by atoms with Crippen LogP contribution in [-0.2, 0) is 6.54 Å². The first-order valence-electron chi connectivity index (χ1n) is 5.29. The van der Waals surface area contributed by atoms with Crippen molar-refractivity contribution in [3.05, 3.63) is 53.6 Å². The van der Waals surface area contributed by atoms with Gasteiger partial charge in [-0.1, -0.05) is 6.07 Å². The first-order chi connectivity index (χ1) is 9.09. The zero-order chi connectivity index (χ0) is 13.8. The highest BCUT2D eigenvalue weighted by Crippen LogP contribution is 2.19. The van der Waals surface area contributed by atoms with E-state index in [2.05, 4.69) is 15.3 Å². The molecule has 0 unspecified atom stereocenters. The number of anilines is 1. The summed E-state index contributed by atoms with van der Waals surface area (Å²) in [6, 6.07) is 3.44. The van der Waals surface area contributed by atoms with Crippen molar-refractivity contribution < 1.29 is 18.7 Å². The molecule has 0 bridgehead atoms. The number of para-hydroxylation sites is 1. The highest BCUT2D eigenvalue weighted by atomic mass is 19.1. The fourth-order valence-corrected chi connectivity index (χ4v) is 1.51. The van der Waals surface area contributed by atoms with Gasteiger partial charge in [0, 0.05) is 6.20 Å². The molecule has 0 aliphatic heterocycles. The fraction of sp³-hybridized carbons (Fsp3) is 0.0833. The number of hydrogen-bond donors (Lipinski definition) is 2. The molecule has 0 aliphatic rings. The Hall–Kier alpha value is -2.57.